The van der Waals surface area contributed by atoms with E-state index in [4.69, 9.17) is 11.0 Å². The summed E-state index contributed by atoms with van der Waals surface area (Å²) in [4.78, 5) is 0. The van der Waals surface area contributed by atoms with Crippen LogP contribution in [0.15, 0.2) is 24.3 Å². The van der Waals surface area contributed by atoms with Gasteiger partial charge >= 0.3 is 0 Å². The average Bonchev–Trinajstić information content (AvgIpc) is 2.29. The van der Waals surface area contributed by atoms with Crippen LogP contribution in [-0.4, -0.2) is 13.1 Å². The molecule has 1 saturated carbocycles. The fourth-order valence-corrected chi connectivity index (χ4v) is 2.15. The largest absolute Gasteiger partial charge is 0.383 e. The van der Waals surface area contributed by atoms with Crippen molar-refractivity contribution in [1.82, 2.24) is 0 Å². The lowest BCUT2D eigenvalue weighted by Crippen LogP contribution is -2.43. The van der Waals surface area contributed by atoms with Crippen molar-refractivity contribution in [3.05, 3.63) is 29.8 Å². The summed E-state index contributed by atoms with van der Waals surface area (Å²) in [5.74, 6) is 0. The van der Waals surface area contributed by atoms with Crippen molar-refractivity contribution in [2.24, 2.45) is 11.1 Å². The van der Waals surface area contributed by atoms with Crippen molar-refractivity contribution in [1.29, 1.82) is 5.26 Å². The van der Waals surface area contributed by atoms with Crippen molar-refractivity contribution in [2.75, 3.05) is 18.4 Å². The van der Waals surface area contributed by atoms with E-state index in [1.807, 2.05) is 24.3 Å². The minimum Gasteiger partial charge on any atom is -0.383 e. The van der Waals surface area contributed by atoms with Gasteiger partial charge in [0.05, 0.1) is 11.3 Å². The summed E-state index contributed by atoms with van der Waals surface area (Å²) in [6.45, 7) is 1.61. The van der Waals surface area contributed by atoms with E-state index in [2.05, 4.69) is 11.4 Å². The highest BCUT2D eigenvalue weighted by atomic mass is 14.9. The molecule has 0 saturated heterocycles. The number of hydrogen-bond donors (Lipinski definition) is 2. The first-order chi connectivity index (χ1) is 7.79. The SMILES string of the molecule is N#Cc1ccccc1NCC1(CN)CCC1. The highest BCUT2D eigenvalue weighted by Gasteiger charge is 2.35. The van der Waals surface area contributed by atoms with Gasteiger partial charge in [-0.05, 0) is 36.9 Å². The summed E-state index contributed by atoms with van der Waals surface area (Å²) in [6.07, 6.45) is 3.68. The molecular weight excluding hydrogens is 198 g/mol. The minimum atomic E-state index is 0.266. The van der Waals surface area contributed by atoms with Crippen LogP contribution >= 0.6 is 0 Å². The molecule has 1 aromatic rings. The van der Waals surface area contributed by atoms with Gasteiger partial charge in [-0.3, -0.25) is 0 Å². The predicted octanol–water partition coefficient (Wildman–Crippen LogP) is 2.10. The first kappa shape index (κ1) is 11.0. The van der Waals surface area contributed by atoms with Crippen LogP contribution in [-0.2, 0) is 0 Å². The first-order valence-electron chi connectivity index (χ1n) is 5.73. The molecule has 0 unspecified atom stereocenters. The van der Waals surface area contributed by atoms with Crippen LogP contribution in [0, 0.1) is 16.7 Å². The number of rotatable bonds is 4. The Bertz CT molecular complexity index is 396. The topological polar surface area (TPSA) is 61.8 Å². The molecule has 0 aliphatic heterocycles. The van der Waals surface area contributed by atoms with Gasteiger partial charge in [0.25, 0.3) is 0 Å². The minimum absolute atomic E-state index is 0.266. The van der Waals surface area contributed by atoms with Gasteiger partial charge in [0, 0.05) is 6.54 Å². The molecule has 1 aromatic carbocycles. The van der Waals surface area contributed by atoms with E-state index in [9.17, 15) is 0 Å². The van der Waals surface area contributed by atoms with Crippen molar-refractivity contribution < 1.29 is 0 Å². The van der Waals surface area contributed by atoms with E-state index >= 15 is 0 Å². The van der Waals surface area contributed by atoms with E-state index in [0.29, 0.717) is 5.56 Å². The maximum Gasteiger partial charge on any atom is 0.101 e. The monoisotopic (exact) mass is 215 g/mol. The van der Waals surface area contributed by atoms with Crippen LogP contribution in [0.25, 0.3) is 0 Å². The third-order valence-corrected chi connectivity index (χ3v) is 3.55. The molecule has 0 heterocycles. The van der Waals surface area contributed by atoms with E-state index in [-0.39, 0.29) is 5.41 Å². The van der Waals surface area contributed by atoms with Crippen molar-refractivity contribution >= 4 is 5.69 Å². The van der Waals surface area contributed by atoms with Gasteiger partial charge in [-0.1, -0.05) is 18.6 Å². The van der Waals surface area contributed by atoms with E-state index < -0.39 is 0 Å². The fraction of sp³-hybridized carbons (Fsp3) is 0.462. The lowest BCUT2D eigenvalue weighted by atomic mass is 9.69. The van der Waals surface area contributed by atoms with Gasteiger partial charge in [0.1, 0.15) is 6.07 Å². The average molecular weight is 215 g/mol. The normalized spacial score (nSPS) is 17.2. The third kappa shape index (κ3) is 2.02. The van der Waals surface area contributed by atoms with Crippen LogP contribution in [0.4, 0.5) is 5.69 Å². The van der Waals surface area contributed by atoms with Crippen LogP contribution in [0.3, 0.4) is 0 Å². The highest BCUT2D eigenvalue weighted by molar-refractivity contribution is 5.57. The van der Waals surface area contributed by atoms with Crippen molar-refractivity contribution in [2.45, 2.75) is 19.3 Å². The Balaban J connectivity index is 2.02. The van der Waals surface area contributed by atoms with E-state index in [1.165, 1.54) is 19.3 Å². The predicted molar refractivity (Wildman–Crippen MR) is 65.0 cm³/mol. The third-order valence-electron chi connectivity index (χ3n) is 3.55. The smallest absolute Gasteiger partial charge is 0.101 e. The summed E-state index contributed by atoms with van der Waals surface area (Å²) in [5, 5.41) is 12.3. The molecule has 0 radical (unpaired) electrons. The summed E-state index contributed by atoms with van der Waals surface area (Å²) >= 11 is 0. The molecule has 0 atom stereocenters. The van der Waals surface area contributed by atoms with Gasteiger partial charge in [-0.25, -0.2) is 0 Å². The Kier molecular flexibility index (Phi) is 3.12. The van der Waals surface area contributed by atoms with Crippen LogP contribution in [0.5, 0.6) is 0 Å². The standard InChI is InChI=1S/C13H17N3/c14-8-11-4-1-2-5-12(11)16-10-13(9-15)6-3-7-13/h1-2,4-5,16H,3,6-7,9-10,15H2. The number of anilines is 1. The van der Waals surface area contributed by atoms with Gasteiger partial charge in [-0.15, -0.1) is 0 Å². The van der Waals surface area contributed by atoms with Crippen LogP contribution < -0.4 is 11.1 Å². The number of nitrogens with two attached hydrogens (primary N) is 1. The van der Waals surface area contributed by atoms with Crippen LogP contribution in [0.1, 0.15) is 24.8 Å². The molecule has 0 amide bonds. The molecule has 1 aliphatic carbocycles. The molecule has 1 fully saturated rings. The van der Waals surface area contributed by atoms with E-state index in [1.54, 1.807) is 0 Å². The Morgan fingerprint density at radius 2 is 2.12 bits per heavy atom. The van der Waals surface area contributed by atoms with Gasteiger partial charge in [-0.2, -0.15) is 5.26 Å². The summed E-state index contributed by atoms with van der Waals surface area (Å²) in [7, 11) is 0. The summed E-state index contributed by atoms with van der Waals surface area (Å²) in [6, 6.07) is 9.79. The molecule has 0 spiro atoms. The molecule has 3 N–H and O–H groups in total. The number of para-hydroxylation sites is 1. The summed E-state index contributed by atoms with van der Waals surface area (Å²) in [5.41, 5.74) is 7.69. The lowest BCUT2D eigenvalue weighted by Gasteiger charge is -2.41. The maximum atomic E-state index is 8.96. The lowest BCUT2D eigenvalue weighted by molar-refractivity contribution is 0.163. The molecule has 0 bridgehead atoms. The number of benzene rings is 1. The molecule has 3 heteroatoms. The number of nitrogens with zero attached hydrogens (tertiary/aromatic N) is 1. The highest BCUT2D eigenvalue weighted by Crippen LogP contribution is 2.39. The Labute approximate surface area is 96.3 Å². The van der Waals surface area contributed by atoms with E-state index in [0.717, 1.165) is 18.8 Å². The molecule has 1 aliphatic rings. The molecule has 16 heavy (non-hydrogen) atoms. The second kappa shape index (κ2) is 4.54. The second-order valence-electron chi connectivity index (χ2n) is 4.57. The second-order valence-corrected chi connectivity index (χ2v) is 4.57. The number of nitrogens with one attached hydrogen (secondary N) is 1. The number of nitriles is 1. The van der Waals surface area contributed by atoms with Gasteiger partial charge < -0.3 is 11.1 Å². The molecular formula is C13H17N3. The molecule has 0 aromatic heterocycles. The summed E-state index contributed by atoms with van der Waals surface area (Å²) < 4.78 is 0. The first-order valence-corrected chi connectivity index (χ1v) is 5.73. The molecule has 84 valence electrons. The van der Waals surface area contributed by atoms with Crippen LogP contribution in [0.2, 0.25) is 0 Å². The molecule has 2 rings (SSSR count). The Morgan fingerprint density at radius 3 is 2.69 bits per heavy atom. The van der Waals surface area contributed by atoms with Crippen molar-refractivity contribution in [3.8, 4) is 6.07 Å². The molecule has 3 nitrogen and oxygen atoms in total. The Hall–Kier alpha value is -1.53. The fourth-order valence-electron chi connectivity index (χ4n) is 2.15. The zero-order valence-electron chi connectivity index (χ0n) is 9.37. The zero-order valence-corrected chi connectivity index (χ0v) is 9.37. The quantitative estimate of drug-likeness (QED) is 0.808. The van der Waals surface area contributed by atoms with Crippen molar-refractivity contribution in [3.63, 3.8) is 0 Å². The van der Waals surface area contributed by atoms with Gasteiger partial charge in [0.2, 0.25) is 0 Å². The number of hydrogen-bond acceptors (Lipinski definition) is 3. The Morgan fingerprint density at radius 1 is 1.38 bits per heavy atom. The maximum absolute atomic E-state index is 8.96. The zero-order chi connectivity index (χ0) is 11.4. The van der Waals surface area contributed by atoms with Gasteiger partial charge in [0.15, 0.2) is 0 Å².